The van der Waals surface area contributed by atoms with E-state index in [9.17, 15) is 46.8 Å². The second-order valence-electron chi connectivity index (χ2n) is 8.68. The number of carbonyl (C=O) groups is 3. The highest BCUT2D eigenvalue weighted by atomic mass is 32.2. The minimum absolute atomic E-state index is 0.0463. The van der Waals surface area contributed by atoms with E-state index < -0.39 is 68.8 Å². The first kappa shape index (κ1) is 29.5. The van der Waals surface area contributed by atoms with Crippen LogP contribution in [0.5, 0.6) is 0 Å². The number of sulfonamides is 1. The van der Waals surface area contributed by atoms with Crippen LogP contribution >= 0.6 is 11.3 Å². The summed E-state index contributed by atoms with van der Waals surface area (Å²) in [5, 5.41) is 26.7. The van der Waals surface area contributed by atoms with E-state index in [4.69, 9.17) is 0 Å². The summed E-state index contributed by atoms with van der Waals surface area (Å²) in [6, 6.07) is 7.52. The number of anilines is 1. The first-order valence-corrected chi connectivity index (χ1v) is 14.0. The molecule has 2 aromatic carbocycles. The molecule has 41 heavy (non-hydrogen) atoms. The molecule has 2 atom stereocenters. The maximum Gasteiger partial charge on any atom is 0.323 e. The molecule has 1 aliphatic rings. The second-order valence-corrected chi connectivity index (χ2v) is 11.7. The molecule has 216 valence electrons. The van der Waals surface area contributed by atoms with Crippen molar-refractivity contribution in [3.63, 3.8) is 0 Å². The number of amides is 3. The summed E-state index contributed by atoms with van der Waals surface area (Å²) >= 11 is 0.862. The number of carboxylic acid groups (broad SMARTS) is 1. The highest BCUT2D eigenvalue weighted by Crippen LogP contribution is 2.29. The molecule has 1 aromatic heterocycles. The number of nitrogens with one attached hydrogen (secondary N) is 2. The first-order chi connectivity index (χ1) is 19.4. The monoisotopic (exact) mass is 609 g/mol. The van der Waals surface area contributed by atoms with E-state index in [0.717, 1.165) is 44.8 Å². The van der Waals surface area contributed by atoms with Gasteiger partial charge in [0.05, 0.1) is 23.1 Å². The van der Waals surface area contributed by atoms with Crippen molar-refractivity contribution >= 4 is 50.6 Å². The average Bonchev–Trinajstić information content (AvgIpc) is 3.61. The molecule has 1 saturated heterocycles. The van der Waals surface area contributed by atoms with Crippen molar-refractivity contribution in [3.05, 3.63) is 87.3 Å². The number of nitrogens with zero attached hydrogens (tertiary/aromatic N) is 3. The van der Waals surface area contributed by atoms with E-state index in [0.29, 0.717) is 6.07 Å². The van der Waals surface area contributed by atoms with Crippen molar-refractivity contribution in [1.82, 2.24) is 14.5 Å². The summed E-state index contributed by atoms with van der Waals surface area (Å²) in [5.41, 5.74) is -0.766. The molecule has 2 unspecified atom stereocenters. The Morgan fingerprint density at radius 3 is 2.51 bits per heavy atom. The minimum atomic E-state index is -4.34. The van der Waals surface area contributed by atoms with Crippen LogP contribution < -0.4 is 10.6 Å². The number of aliphatic carboxylic acids is 1. The predicted octanol–water partition coefficient (Wildman–Crippen LogP) is 3.13. The van der Waals surface area contributed by atoms with Gasteiger partial charge in [0, 0.05) is 31.3 Å². The number of carboxylic acids is 1. The molecule has 0 spiro atoms. The van der Waals surface area contributed by atoms with Gasteiger partial charge in [-0.3, -0.25) is 24.6 Å². The predicted molar refractivity (Wildman–Crippen MR) is 140 cm³/mol. The topological polar surface area (TPSA) is 179 Å². The van der Waals surface area contributed by atoms with Crippen molar-refractivity contribution in [1.29, 1.82) is 0 Å². The molecule has 13 nitrogen and oxygen atoms in total. The fraction of sp³-hybridized carbons (Fsp3) is 0.208. The molecule has 17 heteroatoms. The normalized spacial score (nSPS) is 16.2. The van der Waals surface area contributed by atoms with Gasteiger partial charge in [0.1, 0.15) is 15.8 Å². The molecule has 1 aliphatic heterocycles. The van der Waals surface area contributed by atoms with Gasteiger partial charge < -0.3 is 15.7 Å². The quantitative estimate of drug-likeness (QED) is 0.245. The molecular formula is C24H21F2N5O8S2. The molecule has 0 bridgehead atoms. The number of rotatable bonds is 9. The minimum Gasteiger partial charge on any atom is -0.481 e. The van der Waals surface area contributed by atoms with Gasteiger partial charge in [0.15, 0.2) is 6.17 Å². The van der Waals surface area contributed by atoms with Crippen LogP contribution in [-0.4, -0.2) is 64.8 Å². The maximum atomic E-state index is 14.2. The molecule has 0 saturated carbocycles. The Morgan fingerprint density at radius 2 is 1.88 bits per heavy atom. The third kappa shape index (κ3) is 6.47. The van der Waals surface area contributed by atoms with E-state index in [1.54, 1.807) is 0 Å². The summed E-state index contributed by atoms with van der Waals surface area (Å²) in [7, 11) is -4.34. The Kier molecular flexibility index (Phi) is 8.60. The summed E-state index contributed by atoms with van der Waals surface area (Å²) in [6.07, 6.45) is -2.59. The lowest BCUT2D eigenvalue weighted by Crippen LogP contribution is -2.55. The number of hydrogen-bond acceptors (Lipinski definition) is 8. The molecule has 0 aliphatic carbocycles. The Labute approximate surface area is 235 Å². The van der Waals surface area contributed by atoms with Crippen molar-refractivity contribution in [2.24, 2.45) is 0 Å². The summed E-state index contributed by atoms with van der Waals surface area (Å²) in [6.45, 7) is -0.671. The van der Waals surface area contributed by atoms with E-state index in [1.807, 2.05) is 0 Å². The van der Waals surface area contributed by atoms with E-state index >= 15 is 0 Å². The van der Waals surface area contributed by atoms with Crippen LogP contribution in [0.2, 0.25) is 0 Å². The van der Waals surface area contributed by atoms with Crippen LogP contribution in [0.4, 0.5) is 25.0 Å². The Hall–Kier alpha value is -4.48. The van der Waals surface area contributed by atoms with Gasteiger partial charge in [-0.25, -0.2) is 22.0 Å². The van der Waals surface area contributed by atoms with E-state index in [2.05, 4.69) is 10.6 Å². The van der Waals surface area contributed by atoms with Gasteiger partial charge in [-0.2, -0.15) is 4.31 Å². The van der Waals surface area contributed by atoms with Crippen LogP contribution in [0, 0.1) is 21.7 Å². The zero-order chi connectivity index (χ0) is 29.9. The number of urea groups is 1. The van der Waals surface area contributed by atoms with Gasteiger partial charge in [-0.1, -0.05) is 18.2 Å². The number of non-ortho nitro benzene ring substituents is 1. The molecule has 3 N–H and O–H groups in total. The largest absolute Gasteiger partial charge is 0.481 e. The highest BCUT2D eigenvalue weighted by Gasteiger charge is 2.47. The number of benzene rings is 2. The van der Waals surface area contributed by atoms with Gasteiger partial charge in [-0.05, 0) is 29.1 Å². The van der Waals surface area contributed by atoms with Crippen molar-refractivity contribution < 1.29 is 41.6 Å². The summed E-state index contributed by atoms with van der Waals surface area (Å²) in [4.78, 5) is 49.7. The third-order valence-electron chi connectivity index (χ3n) is 6.03. The number of nitro benzene ring substituents is 1. The van der Waals surface area contributed by atoms with Crippen molar-refractivity contribution in [2.75, 3.05) is 18.4 Å². The zero-order valence-corrected chi connectivity index (χ0v) is 22.4. The van der Waals surface area contributed by atoms with Gasteiger partial charge in [-0.15, -0.1) is 11.3 Å². The standard InChI is InChI=1S/C24H21F2N5O8S2/c25-15-6-7-18(17(26)12-15)28-24(35)29-8-9-30(41(38,39)21-5-2-10-40-21)23(29)22(34)27-19(13-20(32)33)14-3-1-4-16(11-14)31(36)37/h1-7,10-12,19,23H,8-9,13H2,(H,27,34)(H,28,35)(H,32,33). The number of halogens is 2. The SMILES string of the molecule is O=C(O)CC(NC(=O)C1N(C(=O)Nc2ccc(F)cc2F)CCN1S(=O)(=O)c1cccs1)c1cccc([N+](=O)[O-])c1. The Balaban J connectivity index is 1.69. The van der Waals surface area contributed by atoms with Crippen LogP contribution in [0.3, 0.4) is 0 Å². The number of nitro groups is 1. The molecule has 2 heterocycles. The van der Waals surface area contributed by atoms with Crippen LogP contribution in [0.15, 0.2) is 64.2 Å². The lowest BCUT2D eigenvalue weighted by molar-refractivity contribution is -0.384. The molecule has 1 fully saturated rings. The van der Waals surface area contributed by atoms with Crippen molar-refractivity contribution in [3.8, 4) is 0 Å². The number of hydrogen-bond donors (Lipinski definition) is 3. The lowest BCUT2D eigenvalue weighted by atomic mass is 10.0. The van der Waals surface area contributed by atoms with Crippen LogP contribution in [-0.2, 0) is 19.6 Å². The first-order valence-electron chi connectivity index (χ1n) is 11.7. The average molecular weight is 610 g/mol. The lowest BCUT2D eigenvalue weighted by Gasteiger charge is -2.30. The van der Waals surface area contributed by atoms with Gasteiger partial charge >= 0.3 is 12.0 Å². The Bertz CT molecular complexity index is 1600. The Morgan fingerprint density at radius 1 is 1.12 bits per heavy atom. The fourth-order valence-electron chi connectivity index (χ4n) is 4.17. The van der Waals surface area contributed by atoms with Crippen LogP contribution in [0.1, 0.15) is 18.0 Å². The molecule has 3 amide bonds. The van der Waals surface area contributed by atoms with Crippen molar-refractivity contribution in [2.45, 2.75) is 22.8 Å². The number of carbonyl (C=O) groups excluding carboxylic acids is 2. The van der Waals surface area contributed by atoms with E-state index in [1.165, 1.54) is 29.6 Å². The maximum absolute atomic E-state index is 14.2. The molecule has 0 radical (unpaired) electrons. The second kappa shape index (κ2) is 11.9. The van der Waals surface area contributed by atoms with Gasteiger partial charge in [0.25, 0.3) is 21.6 Å². The third-order valence-corrected chi connectivity index (χ3v) is 9.26. The van der Waals surface area contributed by atoms with E-state index in [-0.39, 0.29) is 28.5 Å². The summed E-state index contributed by atoms with van der Waals surface area (Å²) in [5.74, 6) is -4.51. The smallest absolute Gasteiger partial charge is 0.323 e. The summed E-state index contributed by atoms with van der Waals surface area (Å²) < 4.78 is 55.0. The molecule has 4 rings (SSSR count). The fourth-order valence-corrected chi connectivity index (χ4v) is 6.84. The molecule has 3 aromatic rings. The number of thiophene rings is 1. The van der Waals surface area contributed by atoms with Crippen LogP contribution in [0.25, 0.3) is 0 Å². The highest BCUT2D eigenvalue weighted by molar-refractivity contribution is 7.91. The van der Waals surface area contributed by atoms with Gasteiger partial charge in [0.2, 0.25) is 0 Å². The zero-order valence-electron chi connectivity index (χ0n) is 20.8. The molecular weight excluding hydrogens is 588 g/mol.